The summed E-state index contributed by atoms with van der Waals surface area (Å²) in [5, 5.41) is 3.90. The van der Waals surface area contributed by atoms with Gasteiger partial charge in [0.2, 0.25) is 5.89 Å². The molecule has 2 unspecified atom stereocenters. The van der Waals surface area contributed by atoms with E-state index in [-0.39, 0.29) is 17.7 Å². The van der Waals surface area contributed by atoms with Crippen molar-refractivity contribution in [3.05, 3.63) is 71.8 Å². The van der Waals surface area contributed by atoms with Gasteiger partial charge in [-0.05, 0) is 18.6 Å². The van der Waals surface area contributed by atoms with E-state index in [1.165, 1.54) is 18.1 Å². The number of furan rings is 1. The van der Waals surface area contributed by atoms with Crippen LogP contribution < -0.4 is 0 Å². The Morgan fingerprint density at radius 2 is 1.96 bits per heavy atom. The van der Waals surface area contributed by atoms with Crippen molar-refractivity contribution in [3.8, 4) is 0 Å². The lowest BCUT2D eigenvalue weighted by molar-refractivity contribution is 0.0787. The number of aryl methyl sites for hydroxylation is 1. The Hall–Kier alpha value is -2.89. The molecular weight excluding hydrogens is 306 g/mol. The summed E-state index contributed by atoms with van der Waals surface area (Å²) in [6.45, 7) is 2.96. The van der Waals surface area contributed by atoms with Gasteiger partial charge in [-0.1, -0.05) is 35.5 Å². The smallest absolute Gasteiger partial charge is 0.257 e. The largest absolute Gasteiger partial charge is 0.472 e. The van der Waals surface area contributed by atoms with E-state index in [0.717, 1.165) is 0 Å². The van der Waals surface area contributed by atoms with Crippen molar-refractivity contribution in [3.63, 3.8) is 0 Å². The molecule has 4 rings (SSSR count). The standard InChI is InChI=1S/C18H17N3O3/c1-12-19-17(24-20-12)16-10-21(18(22)14-7-8-23-11-14)9-15(16)13-5-3-2-4-6-13/h2-8,11,15-16H,9-10H2,1H3. The van der Waals surface area contributed by atoms with Crippen molar-refractivity contribution in [2.75, 3.05) is 13.1 Å². The molecule has 2 atom stereocenters. The Morgan fingerprint density at radius 1 is 1.17 bits per heavy atom. The minimum Gasteiger partial charge on any atom is -0.472 e. The van der Waals surface area contributed by atoms with E-state index in [1.54, 1.807) is 13.0 Å². The summed E-state index contributed by atoms with van der Waals surface area (Å²) in [6.07, 6.45) is 2.99. The number of carbonyl (C=O) groups excluding carboxylic acids is 1. The lowest BCUT2D eigenvalue weighted by Gasteiger charge is -2.15. The quantitative estimate of drug-likeness (QED) is 0.741. The Morgan fingerprint density at radius 3 is 2.62 bits per heavy atom. The minimum absolute atomic E-state index is 0.00977. The average Bonchev–Trinajstić information content (AvgIpc) is 3.35. The fourth-order valence-corrected chi connectivity index (χ4v) is 3.29. The van der Waals surface area contributed by atoms with Crippen LogP contribution >= 0.6 is 0 Å². The highest BCUT2D eigenvalue weighted by Crippen LogP contribution is 2.39. The minimum atomic E-state index is -0.0385. The van der Waals surface area contributed by atoms with Gasteiger partial charge in [-0.15, -0.1) is 0 Å². The average molecular weight is 323 g/mol. The van der Waals surface area contributed by atoms with E-state index in [1.807, 2.05) is 23.1 Å². The Labute approximate surface area is 139 Å². The monoisotopic (exact) mass is 323 g/mol. The van der Waals surface area contributed by atoms with Crippen LogP contribution in [0.2, 0.25) is 0 Å². The normalized spacial score (nSPS) is 20.5. The summed E-state index contributed by atoms with van der Waals surface area (Å²) in [4.78, 5) is 18.9. The Balaban J connectivity index is 1.66. The fourth-order valence-electron chi connectivity index (χ4n) is 3.29. The molecule has 1 aromatic carbocycles. The van der Waals surface area contributed by atoms with Crippen LogP contribution in [-0.2, 0) is 0 Å². The van der Waals surface area contributed by atoms with Crippen LogP contribution in [0.25, 0.3) is 0 Å². The molecule has 6 heteroatoms. The second-order valence-electron chi connectivity index (χ2n) is 6.03. The molecule has 1 amide bonds. The lowest BCUT2D eigenvalue weighted by atomic mass is 9.89. The summed E-state index contributed by atoms with van der Waals surface area (Å²) in [5.74, 6) is 1.27. The molecule has 122 valence electrons. The highest BCUT2D eigenvalue weighted by molar-refractivity contribution is 5.94. The van der Waals surface area contributed by atoms with Crippen LogP contribution in [0, 0.1) is 6.92 Å². The van der Waals surface area contributed by atoms with E-state index < -0.39 is 0 Å². The molecule has 1 saturated heterocycles. The maximum atomic E-state index is 12.7. The van der Waals surface area contributed by atoms with Gasteiger partial charge in [0, 0.05) is 19.0 Å². The second-order valence-corrected chi connectivity index (χ2v) is 6.03. The van der Waals surface area contributed by atoms with Crippen molar-refractivity contribution < 1.29 is 13.7 Å². The number of amides is 1. The van der Waals surface area contributed by atoms with Gasteiger partial charge in [0.1, 0.15) is 6.26 Å². The summed E-state index contributed by atoms with van der Waals surface area (Å²) < 4.78 is 10.4. The van der Waals surface area contributed by atoms with Gasteiger partial charge in [0.25, 0.3) is 5.91 Å². The van der Waals surface area contributed by atoms with Crippen molar-refractivity contribution >= 4 is 5.91 Å². The zero-order chi connectivity index (χ0) is 16.5. The third-order valence-electron chi connectivity index (χ3n) is 4.46. The van der Waals surface area contributed by atoms with Gasteiger partial charge in [0.15, 0.2) is 5.82 Å². The van der Waals surface area contributed by atoms with E-state index in [0.29, 0.717) is 30.4 Å². The van der Waals surface area contributed by atoms with E-state index >= 15 is 0 Å². The summed E-state index contributed by atoms with van der Waals surface area (Å²) in [5.41, 5.74) is 1.73. The van der Waals surface area contributed by atoms with Gasteiger partial charge in [-0.3, -0.25) is 4.79 Å². The van der Waals surface area contributed by atoms with Crippen LogP contribution in [0.15, 0.2) is 57.9 Å². The molecule has 24 heavy (non-hydrogen) atoms. The third-order valence-corrected chi connectivity index (χ3v) is 4.46. The number of benzene rings is 1. The van der Waals surface area contributed by atoms with Crippen molar-refractivity contribution in [2.24, 2.45) is 0 Å². The molecule has 0 bridgehead atoms. The van der Waals surface area contributed by atoms with E-state index in [4.69, 9.17) is 8.94 Å². The van der Waals surface area contributed by atoms with Crippen LogP contribution in [-0.4, -0.2) is 34.0 Å². The zero-order valence-corrected chi connectivity index (χ0v) is 13.3. The first-order valence-electron chi connectivity index (χ1n) is 7.89. The maximum absolute atomic E-state index is 12.7. The molecular formula is C18H17N3O3. The van der Waals surface area contributed by atoms with E-state index in [2.05, 4.69) is 22.3 Å². The first kappa shape index (κ1) is 14.7. The first-order chi connectivity index (χ1) is 11.7. The predicted octanol–water partition coefficient (Wildman–Crippen LogP) is 2.99. The topological polar surface area (TPSA) is 72.4 Å². The number of likely N-dealkylation sites (tertiary alicyclic amines) is 1. The Kier molecular flexibility index (Phi) is 3.65. The maximum Gasteiger partial charge on any atom is 0.257 e. The Bertz CT molecular complexity index is 826. The molecule has 6 nitrogen and oxygen atoms in total. The molecule has 1 aliphatic heterocycles. The van der Waals surface area contributed by atoms with Crippen molar-refractivity contribution in [1.82, 2.24) is 15.0 Å². The highest BCUT2D eigenvalue weighted by atomic mass is 16.5. The molecule has 2 aromatic heterocycles. The highest BCUT2D eigenvalue weighted by Gasteiger charge is 2.40. The van der Waals surface area contributed by atoms with Crippen LogP contribution in [0.1, 0.15) is 39.5 Å². The van der Waals surface area contributed by atoms with Gasteiger partial charge in [-0.25, -0.2) is 0 Å². The molecule has 0 saturated carbocycles. The number of aromatic nitrogens is 2. The SMILES string of the molecule is Cc1noc(C2CN(C(=O)c3ccoc3)CC2c2ccccc2)n1. The molecule has 1 fully saturated rings. The number of hydrogen-bond acceptors (Lipinski definition) is 5. The third kappa shape index (κ3) is 2.60. The second kappa shape index (κ2) is 5.96. The van der Waals surface area contributed by atoms with Crippen molar-refractivity contribution in [2.45, 2.75) is 18.8 Å². The number of rotatable bonds is 3. The van der Waals surface area contributed by atoms with Gasteiger partial charge in [0.05, 0.1) is 17.7 Å². The zero-order valence-electron chi connectivity index (χ0n) is 13.3. The van der Waals surface area contributed by atoms with Crippen LogP contribution in [0.4, 0.5) is 0 Å². The molecule has 3 aromatic rings. The van der Waals surface area contributed by atoms with Gasteiger partial charge in [-0.2, -0.15) is 4.98 Å². The number of nitrogens with zero attached hydrogens (tertiary/aromatic N) is 3. The van der Waals surface area contributed by atoms with Gasteiger partial charge < -0.3 is 13.8 Å². The number of carbonyl (C=O) groups is 1. The summed E-state index contributed by atoms with van der Waals surface area (Å²) >= 11 is 0. The van der Waals surface area contributed by atoms with Crippen LogP contribution in [0.3, 0.4) is 0 Å². The predicted molar refractivity (Wildman–Crippen MR) is 85.6 cm³/mol. The summed E-state index contributed by atoms with van der Waals surface area (Å²) in [6, 6.07) is 11.8. The molecule has 0 radical (unpaired) electrons. The van der Waals surface area contributed by atoms with E-state index in [9.17, 15) is 4.79 Å². The first-order valence-corrected chi connectivity index (χ1v) is 7.89. The molecule has 0 spiro atoms. The number of hydrogen-bond donors (Lipinski definition) is 0. The molecule has 0 N–H and O–H groups in total. The lowest BCUT2D eigenvalue weighted by Crippen LogP contribution is -2.28. The van der Waals surface area contributed by atoms with Crippen LogP contribution in [0.5, 0.6) is 0 Å². The molecule has 3 heterocycles. The van der Waals surface area contributed by atoms with Crippen molar-refractivity contribution in [1.29, 1.82) is 0 Å². The summed E-state index contributed by atoms with van der Waals surface area (Å²) in [7, 11) is 0. The molecule has 0 aliphatic carbocycles. The molecule has 1 aliphatic rings. The van der Waals surface area contributed by atoms with Gasteiger partial charge >= 0.3 is 0 Å². The fraction of sp³-hybridized carbons (Fsp3) is 0.278.